The van der Waals surface area contributed by atoms with E-state index in [-0.39, 0.29) is 0 Å². The van der Waals surface area contributed by atoms with Crippen LogP contribution in [0.2, 0.25) is 0 Å². The number of carbonyl (C=O) groups excluding carboxylic acids is 1. The molecule has 1 aromatic carbocycles. The molecule has 0 aliphatic heterocycles. The molecule has 0 aliphatic carbocycles. The predicted octanol–water partition coefficient (Wildman–Crippen LogP) is 1.13. The molecule has 0 radical (unpaired) electrons. The van der Waals surface area contributed by atoms with E-state index in [0.29, 0.717) is 6.54 Å². The van der Waals surface area contributed by atoms with Gasteiger partial charge in [0.05, 0.1) is 0 Å². The summed E-state index contributed by atoms with van der Waals surface area (Å²) in [5.41, 5.74) is 2.17. The van der Waals surface area contributed by atoms with Crippen molar-refractivity contribution in [1.29, 1.82) is 5.26 Å². The van der Waals surface area contributed by atoms with E-state index >= 15 is 0 Å². The molecule has 0 spiro atoms. The zero-order chi connectivity index (χ0) is 9.68. The smallest absolute Gasteiger partial charge is 0.322 e. The Morgan fingerprint density at radius 2 is 2.08 bits per heavy atom. The Labute approximate surface area is 77.0 Å². The van der Waals surface area contributed by atoms with Crippen LogP contribution in [0.25, 0.3) is 0 Å². The predicted molar refractivity (Wildman–Crippen MR) is 48.6 cm³/mol. The number of amides is 1. The zero-order valence-electron chi connectivity index (χ0n) is 7.37. The van der Waals surface area contributed by atoms with E-state index in [0.717, 1.165) is 5.56 Å². The van der Waals surface area contributed by atoms with Crippen molar-refractivity contribution in [2.75, 3.05) is 0 Å². The van der Waals surface area contributed by atoms with Gasteiger partial charge in [0.15, 0.2) is 6.07 Å². The topological polar surface area (TPSA) is 52.9 Å². The Hall–Kier alpha value is -1.82. The maximum Gasteiger partial charge on any atom is 0.322 e. The monoisotopic (exact) mass is 174 g/mol. The highest BCUT2D eigenvalue weighted by Gasteiger charge is 1.96. The van der Waals surface area contributed by atoms with E-state index in [4.69, 9.17) is 5.26 Å². The molecule has 66 valence electrons. The molecule has 1 N–H and O–H groups in total. The van der Waals surface area contributed by atoms with Crippen LogP contribution in [0.4, 0.5) is 0 Å². The fourth-order valence-corrected chi connectivity index (χ4v) is 0.928. The fourth-order valence-electron chi connectivity index (χ4n) is 0.928. The molecule has 1 aromatic rings. The van der Waals surface area contributed by atoms with E-state index in [2.05, 4.69) is 5.32 Å². The van der Waals surface area contributed by atoms with E-state index in [1.807, 2.05) is 31.2 Å². The van der Waals surface area contributed by atoms with Gasteiger partial charge in [0.1, 0.15) is 0 Å². The Balaban J connectivity index is 2.52. The summed E-state index contributed by atoms with van der Waals surface area (Å²) in [6, 6.07) is 9.28. The first kappa shape index (κ1) is 9.27. The number of benzene rings is 1. The standard InChI is InChI=1S/C10H10N2O/c1-8-2-4-9(5-3-8)7-12-10(13)6-11/h2-5H,7H2,1H3,(H,12,13). The number of aryl methyl sites for hydroxylation is 1. The van der Waals surface area contributed by atoms with Gasteiger partial charge in [-0.25, -0.2) is 0 Å². The van der Waals surface area contributed by atoms with E-state index in [9.17, 15) is 4.79 Å². The third-order valence-electron chi connectivity index (χ3n) is 1.68. The van der Waals surface area contributed by atoms with Gasteiger partial charge < -0.3 is 5.32 Å². The molecule has 13 heavy (non-hydrogen) atoms. The van der Waals surface area contributed by atoms with Crippen molar-refractivity contribution < 1.29 is 4.79 Å². The van der Waals surface area contributed by atoms with Crippen LogP contribution in [0.3, 0.4) is 0 Å². The Bertz CT molecular complexity index is 335. The maximum atomic E-state index is 10.6. The molecular weight excluding hydrogens is 164 g/mol. The molecule has 0 aliphatic rings. The van der Waals surface area contributed by atoms with Crippen molar-refractivity contribution in [3.05, 3.63) is 35.4 Å². The summed E-state index contributed by atoms with van der Waals surface area (Å²) >= 11 is 0. The van der Waals surface area contributed by atoms with Crippen LogP contribution in [0.5, 0.6) is 0 Å². The van der Waals surface area contributed by atoms with Crippen molar-refractivity contribution in [2.24, 2.45) is 0 Å². The zero-order valence-corrected chi connectivity index (χ0v) is 7.37. The van der Waals surface area contributed by atoms with Gasteiger partial charge in [-0.05, 0) is 12.5 Å². The summed E-state index contributed by atoms with van der Waals surface area (Å²) in [5, 5.41) is 10.7. The van der Waals surface area contributed by atoms with Gasteiger partial charge in [0.25, 0.3) is 0 Å². The number of carbonyl (C=O) groups is 1. The molecule has 0 atom stereocenters. The van der Waals surface area contributed by atoms with E-state index in [1.54, 1.807) is 0 Å². The number of nitrogens with one attached hydrogen (secondary N) is 1. The van der Waals surface area contributed by atoms with Crippen LogP contribution in [-0.4, -0.2) is 5.91 Å². The van der Waals surface area contributed by atoms with Crippen LogP contribution in [0.1, 0.15) is 11.1 Å². The minimum absolute atomic E-state index is 0.409. The lowest BCUT2D eigenvalue weighted by Crippen LogP contribution is -2.20. The first-order chi connectivity index (χ1) is 6.22. The van der Waals surface area contributed by atoms with Gasteiger partial charge in [-0.15, -0.1) is 0 Å². The molecule has 0 saturated heterocycles. The molecule has 0 bridgehead atoms. The molecule has 0 heterocycles. The van der Waals surface area contributed by atoms with E-state index in [1.165, 1.54) is 11.6 Å². The summed E-state index contributed by atoms with van der Waals surface area (Å²) in [7, 11) is 0. The number of hydrogen-bond donors (Lipinski definition) is 1. The molecule has 3 nitrogen and oxygen atoms in total. The third-order valence-corrected chi connectivity index (χ3v) is 1.68. The van der Waals surface area contributed by atoms with Gasteiger partial charge in [-0.1, -0.05) is 29.8 Å². The molecular formula is C10H10N2O. The first-order valence-corrected chi connectivity index (χ1v) is 3.96. The lowest BCUT2D eigenvalue weighted by atomic mass is 10.1. The van der Waals surface area contributed by atoms with Crippen LogP contribution in [-0.2, 0) is 11.3 Å². The SMILES string of the molecule is Cc1ccc(CNC(=O)C#N)cc1. The van der Waals surface area contributed by atoms with Gasteiger partial charge in [-0.3, -0.25) is 4.79 Å². The second-order valence-electron chi connectivity index (χ2n) is 2.78. The fraction of sp³-hybridized carbons (Fsp3) is 0.200. The lowest BCUT2D eigenvalue weighted by Gasteiger charge is -2.00. The molecule has 1 rings (SSSR count). The number of nitriles is 1. The molecule has 0 unspecified atom stereocenters. The van der Waals surface area contributed by atoms with Crippen LogP contribution in [0.15, 0.2) is 24.3 Å². The highest BCUT2D eigenvalue weighted by molar-refractivity contribution is 5.91. The normalized spacial score (nSPS) is 8.92. The van der Waals surface area contributed by atoms with Gasteiger partial charge in [0, 0.05) is 6.54 Å². The average Bonchev–Trinajstić information content (AvgIpc) is 2.16. The summed E-state index contributed by atoms with van der Waals surface area (Å²) < 4.78 is 0. The summed E-state index contributed by atoms with van der Waals surface area (Å²) in [4.78, 5) is 10.6. The Morgan fingerprint density at radius 3 is 2.62 bits per heavy atom. The lowest BCUT2D eigenvalue weighted by molar-refractivity contribution is -0.116. The average molecular weight is 174 g/mol. The largest absolute Gasteiger partial charge is 0.339 e. The molecule has 0 aromatic heterocycles. The van der Waals surface area contributed by atoms with Crippen LogP contribution < -0.4 is 5.32 Å². The van der Waals surface area contributed by atoms with Crippen molar-refractivity contribution >= 4 is 5.91 Å². The van der Waals surface area contributed by atoms with Gasteiger partial charge >= 0.3 is 5.91 Å². The summed E-state index contributed by atoms with van der Waals surface area (Å²) in [6.45, 7) is 2.41. The first-order valence-electron chi connectivity index (χ1n) is 3.96. The Morgan fingerprint density at radius 1 is 1.46 bits per heavy atom. The second kappa shape index (κ2) is 4.27. The van der Waals surface area contributed by atoms with Crippen molar-refractivity contribution in [3.63, 3.8) is 0 Å². The quantitative estimate of drug-likeness (QED) is 0.683. The van der Waals surface area contributed by atoms with Crippen LogP contribution in [0, 0.1) is 18.3 Å². The highest BCUT2D eigenvalue weighted by Crippen LogP contribution is 2.01. The van der Waals surface area contributed by atoms with Crippen molar-refractivity contribution in [3.8, 4) is 6.07 Å². The number of hydrogen-bond acceptors (Lipinski definition) is 2. The minimum atomic E-state index is -0.597. The summed E-state index contributed by atoms with van der Waals surface area (Å²) in [6.07, 6.45) is 0. The molecule has 0 fully saturated rings. The molecule has 3 heteroatoms. The van der Waals surface area contributed by atoms with Gasteiger partial charge in [0.2, 0.25) is 0 Å². The number of rotatable bonds is 2. The summed E-state index contributed by atoms with van der Waals surface area (Å²) in [5.74, 6) is -0.597. The van der Waals surface area contributed by atoms with Gasteiger partial charge in [-0.2, -0.15) is 5.26 Å². The van der Waals surface area contributed by atoms with E-state index < -0.39 is 5.91 Å². The second-order valence-corrected chi connectivity index (χ2v) is 2.78. The van der Waals surface area contributed by atoms with Crippen molar-refractivity contribution in [1.82, 2.24) is 5.32 Å². The minimum Gasteiger partial charge on any atom is -0.339 e. The maximum absolute atomic E-state index is 10.6. The highest BCUT2D eigenvalue weighted by atomic mass is 16.1. The number of nitrogens with zero attached hydrogens (tertiary/aromatic N) is 1. The van der Waals surface area contributed by atoms with Crippen LogP contribution >= 0.6 is 0 Å². The van der Waals surface area contributed by atoms with Crippen molar-refractivity contribution in [2.45, 2.75) is 13.5 Å². The molecule has 0 saturated carbocycles. The molecule has 1 amide bonds. The Kier molecular flexibility index (Phi) is 3.04. The third kappa shape index (κ3) is 2.96.